The molecular weight excluding hydrogens is 384 g/mol. The average molecular weight is 407 g/mol. The Morgan fingerprint density at radius 3 is 2.62 bits per heavy atom. The van der Waals surface area contributed by atoms with E-state index in [4.69, 9.17) is 4.99 Å². The van der Waals surface area contributed by atoms with Crippen LogP contribution in [0.15, 0.2) is 64.6 Å². The highest BCUT2D eigenvalue weighted by atomic mass is 32.2. The fourth-order valence-electron chi connectivity index (χ4n) is 3.41. The second-order valence-corrected chi connectivity index (χ2v) is 8.28. The molecule has 6 nitrogen and oxygen atoms in total. The number of rotatable bonds is 5. The summed E-state index contributed by atoms with van der Waals surface area (Å²) < 4.78 is 0. The summed E-state index contributed by atoms with van der Waals surface area (Å²) >= 11 is 1.35. The number of thioether (sulfide) groups is 1. The van der Waals surface area contributed by atoms with Crippen LogP contribution in [0.1, 0.15) is 32.3 Å². The molecule has 2 aromatic rings. The van der Waals surface area contributed by atoms with Gasteiger partial charge in [-0.05, 0) is 37.6 Å². The molecule has 0 spiro atoms. The minimum Gasteiger partial charge on any atom is -0.325 e. The van der Waals surface area contributed by atoms with Gasteiger partial charge >= 0.3 is 0 Å². The van der Waals surface area contributed by atoms with E-state index >= 15 is 0 Å². The second-order valence-electron chi connectivity index (χ2n) is 6.98. The van der Waals surface area contributed by atoms with Gasteiger partial charge < -0.3 is 5.32 Å². The van der Waals surface area contributed by atoms with E-state index in [1.807, 2.05) is 73.3 Å². The van der Waals surface area contributed by atoms with Gasteiger partial charge in [0.05, 0.1) is 10.9 Å². The van der Waals surface area contributed by atoms with Crippen LogP contribution in [0.3, 0.4) is 0 Å². The monoisotopic (exact) mass is 406 g/mol. The number of carbonyl (C=O) groups is 2. The number of carbonyl (C=O) groups excluding carboxylic acids is 2. The fourth-order valence-corrected chi connectivity index (χ4v) is 4.37. The number of fused-ring (bicyclic) bond motifs is 3. The Kier molecular flexibility index (Phi) is 5.49. The predicted octanol–water partition coefficient (Wildman–Crippen LogP) is 4.21. The highest BCUT2D eigenvalue weighted by Gasteiger charge is 2.41. The molecule has 2 aromatic carbocycles. The van der Waals surface area contributed by atoms with E-state index in [1.165, 1.54) is 11.8 Å². The Morgan fingerprint density at radius 2 is 1.86 bits per heavy atom. The van der Waals surface area contributed by atoms with E-state index in [0.717, 1.165) is 23.4 Å². The molecule has 2 amide bonds. The summed E-state index contributed by atoms with van der Waals surface area (Å²) in [7, 11) is 0. The van der Waals surface area contributed by atoms with Gasteiger partial charge in [-0.15, -0.1) is 0 Å². The van der Waals surface area contributed by atoms with Crippen molar-refractivity contribution in [3.05, 3.63) is 60.2 Å². The molecule has 148 valence electrons. The van der Waals surface area contributed by atoms with E-state index in [1.54, 1.807) is 0 Å². The Morgan fingerprint density at radius 1 is 1.14 bits per heavy atom. The molecule has 0 aromatic heterocycles. The van der Waals surface area contributed by atoms with Crippen molar-refractivity contribution in [1.82, 2.24) is 4.90 Å². The van der Waals surface area contributed by atoms with Crippen LogP contribution < -0.4 is 5.32 Å². The Labute approximate surface area is 174 Å². The summed E-state index contributed by atoms with van der Waals surface area (Å²) in [5.41, 5.74) is 2.37. The molecular formula is C22H22N4O2S. The summed E-state index contributed by atoms with van der Waals surface area (Å²) in [5, 5.41) is 3.18. The molecule has 0 bridgehead atoms. The van der Waals surface area contributed by atoms with Crippen molar-refractivity contribution in [3.63, 3.8) is 0 Å². The molecule has 7 heteroatoms. The maximum Gasteiger partial charge on any atom is 0.270 e. The van der Waals surface area contributed by atoms with Crippen molar-refractivity contribution in [2.45, 2.75) is 38.0 Å². The third-order valence-corrected chi connectivity index (χ3v) is 5.93. The Hall–Kier alpha value is -2.93. The van der Waals surface area contributed by atoms with Gasteiger partial charge in [0.15, 0.2) is 5.17 Å². The number of amidine groups is 2. The predicted molar refractivity (Wildman–Crippen MR) is 118 cm³/mol. The highest BCUT2D eigenvalue weighted by Crippen LogP contribution is 2.36. The lowest BCUT2D eigenvalue weighted by Gasteiger charge is -2.31. The van der Waals surface area contributed by atoms with Crippen LogP contribution in [0.25, 0.3) is 0 Å². The number of amides is 2. The van der Waals surface area contributed by atoms with Crippen molar-refractivity contribution in [2.24, 2.45) is 9.98 Å². The lowest BCUT2D eigenvalue weighted by atomic mass is 10.1. The minimum atomic E-state index is -0.390. The summed E-state index contributed by atoms with van der Waals surface area (Å²) in [6.07, 6.45) is 1.55. The first-order valence-corrected chi connectivity index (χ1v) is 10.6. The number of nitrogens with one attached hydrogen (secondary N) is 1. The highest BCUT2D eigenvalue weighted by molar-refractivity contribution is 8.14. The number of anilines is 1. The van der Waals surface area contributed by atoms with Gasteiger partial charge in [0.1, 0.15) is 11.9 Å². The van der Waals surface area contributed by atoms with E-state index in [2.05, 4.69) is 10.3 Å². The number of hydrogen-bond donors (Lipinski definition) is 1. The normalized spacial score (nSPS) is 18.5. The number of aliphatic imine (C=N–C) groups is 2. The standard InChI is InChI=1S/C22H22N4O2S/c1-3-9-18-21(28)25-19-16-12-7-8-13-17(16)24-22(26(18)19)29-14(2)20(27)23-15-10-5-4-6-11-15/h4-8,10-14,18H,3,9H2,1-2H3,(H,23,27). The van der Waals surface area contributed by atoms with Crippen LogP contribution in [-0.2, 0) is 9.59 Å². The van der Waals surface area contributed by atoms with Crippen molar-refractivity contribution < 1.29 is 9.59 Å². The zero-order valence-electron chi connectivity index (χ0n) is 16.3. The number of benzene rings is 2. The topological polar surface area (TPSA) is 74.1 Å². The molecule has 0 radical (unpaired) electrons. The molecule has 2 atom stereocenters. The van der Waals surface area contributed by atoms with Crippen LogP contribution >= 0.6 is 11.8 Å². The minimum absolute atomic E-state index is 0.112. The lowest BCUT2D eigenvalue weighted by molar-refractivity contribution is -0.119. The van der Waals surface area contributed by atoms with Gasteiger partial charge in [0.25, 0.3) is 5.91 Å². The van der Waals surface area contributed by atoms with Crippen molar-refractivity contribution in [3.8, 4) is 0 Å². The van der Waals surface area contributed by atoms with Gasteiger partial charge in [-0.25, -0.2) is 4.99 Å². The summed E-state index contributed by atoms with van der Waals surface area (Å²) in [6, 6.07) is 16.7. The smallest absolute Gasteiger partial charge is 0.270 e. The Bertz CT molecular complexity index is 1000. The molecule has 0 saturated carbocycles. The van der Waals surface area contributed by atoms with Crippen LogP contribution in [0, 0.1) is 0 Å². The van der Waals surface area contributed by atoms with E-state index in [0.29, 0.717) is 17.4 Å². The summed E-state index contributed by atoms with van der Waals surface area (Å²) in [5.74, 6) is 0.379. The van der Waals surface area contributed by atoms with Crippen LogP contribution in [0.2, 0.25) is 0 Å². The van der Waals surface area contributed by atoms with E-state index in [9.17, 15) is 9.59 Å². The number of hydrogen-bond acceptors (Lipinski definition) is 5. The van der Waals surface area contributed by atoms with Gasteiger partial charge in [0, 0.05) is 11.3 Å². The second kappa shape index (κ2) is 8.21. The van der Waals surface area contributed by atoms with Gasteiger partial charge in [0.2, 0.25) is 5.91 Å². The molecule has 2 heterocycles. The first-order valence-electron chi connectivity index (χ1n) is 9.71. The molecule has 2 unspecified atom stereocenters. The third kappa shape index (κ3) is 3.82. The molecule has 4 rings (SSSR count). The molecule has 29 heavy (non-hydrogen) atoms. The van der Waals surface area contributed by atoms with Crippen molar-refractivity contribution in [2.75, 3.05) is 5.32 Å². The average Bonchev–Trinajstić information content (AvgIpc) is 3.06. The van der Waals surface area contributed by atoms with E-state index in [-0.39, 0.29) is 17.9 Å². The number of para-hydroxylation sites is 2. The molecule has 2 aliphatic heterocycles. The molecule has 0 saturated heterocycles. The molecule has 0 fully saturated rings. The lowest BCUT2D eigenvalue weighted by Crippen LogP contribution is -2.44. The molecule has 2 aliphatic rings. The van der Waals surface area contributed by atoms with Crippen molar-refractivity contribution >= 4 is 46.0 Å². The molecule has 0 aliphatic carbocycles. The maximum atomic E-state index is 12.7. The Balaban J connectivity index is 1.61. The quantitative estimate of drug-likeness (QED) is 0.807. The number of nitrogens with zero attached hydrogens (tertiary/aromatic N) is 3. The van der Waals surface area contributed by atoms with Gasteiger partial charge in [-0.3, -0.25) is 14.5 Å². The SMILES string of the molecule is CCCC1C(=O)N=C2c3ccccc3N=C(SC(C)C(=O)Nc3ccccc3)N21. The largest absolute Gasteiger partial charge is 0.325 e. The van der Waals surface area contributed by atoms with Gasteiger partial charge in [-0.2, -0.15) is 4.99 Å². The summed E-state index contributed by atoms with van der Waals surface area (Å²) in [4.78, 5) is 36.3. The first-order chi connectivity index (χ1) is 14.1. The zero-order valence-corrected chi connectivity index (χ0v) is 17.1. The molecule has 1 N–H and O–H groups in total. The maximum absolute atomic E-state index is 12.7. The first kappa shape index (κ1) is 19.4. The van der Waals surface area contributed by atoms with Gasteiger partial charge in [-0.1, -0.05) is 55.4 Å². The van der Waals surface area contributed by atoms with Crippen LogP contribution in [0.4, 0.5) is 11.4 Å². The van der Waals surface area contributed by atoms with Crippen molar-refractivity contribution in [1.29, 1.82) is 0 Å². The van der Waals surface area contributed by atoms with Crippen LogP contribution in [0.5, 0.6) is 0 Å². The van der Waals surface area contributed by atoms with E-state index < -0.39 is 5.25 Å². The third-order valence-electron chi connectivity index (χ3n) is 4.86. The van der Waals surface area contributed by atoms with Crippen LogP contribution in [-0.4, -0.2) is 39.0 Å². The zero-order chi connectivity index (χ0) is 20.4. The fraction of sp³-hybridized carbons (Fsp3) is 0.273. The summed E-state index contributed by atoms with van der Waals surface area (Å²) in [6.45, 7) is 3.89.